The Bertz CT molecular complexity index is 652. The summed E-state index contributed by atoms with van der Waals surface area (Å²) >= 11 is 0. The second-order valence-electron chi connectivity index (χ2n) is 5.04. The van der Waals surface area contributed by atoms with Crippen LogP contribution in [0.15, 0.2) is 48.5 Å². The lowest BCUT2D eigenvalue weighted by Crippen LogP contribution is -2.25. The maximum absolute atomic E-state index is 12.4. The highest BCUT2D eigenvalue weighted by atomic mass is 19.4. The van der Waals surface area contributed by atoms with E-state index in [1.54, 1.807) is 6.07 Å². The van der Waals surface area contributed by atoms with Gasteiger partial charge < -0.3 is 9.84 Å². The summed E-state index contributed by atoms with van der Waals surface area (Å²) in [4.78, 5) is 0. The van der Waals surface area contributed by atoms with Crippen LogP contribution in [0.25, 0.3) is 0 Å². The molecule has 0 fully saturated rings. The summed E-state index contributed by atoms with van der Waals surface area (Å²) in [6, 6.07) is 13.3. The molecule has 2 nitrogen and oxygen atoms in total. The smallest absolute Gasteiger partial charge is 0.405 e. The van der Waals surface area contributed by atoms with Crippen molar-refractivity contribution in [2.75, 3.05) is 0 Å². The maximum Gasteiger partial charge on any atom is 0.573 e. The SMILES string of the molecule is OC(c1ccccc1OC(F)(F)F)C1Cc2ccccc21. The van der Waals surface area contributed by atoms with Gasteiger partial charge in [0.25, 0.3) is 0 Å². The van der Waals surface area contributed by atoms with E-state index >= 15 is 0 Å². The van der Waals surface area contributed by atoms with Crippen LogP contribution in [0.3, 0.4) is 0 Å². The molecular weight excluding hydrogens is 281 g/mol. The Hall–Kier alpha value is -2.01. The zero-order valence-electron chi connectivity index (χ0n) is 11.0. The molecule has 1 aliphatic carbocycles. The van der Waals surface area contributed by atoms with Gasteiger partial charge in [-0.3, -0.25) is 0 Å². The van der Waals surface area contributed by atoms with Gasteiger partial charge >= 0.3 is 6.36 Å². The van der Waals surface area contributed by atoms with Gasteiger partial charge in [-0.25, -0.2) is 0 Å². The lowest BCUT2D eigenvalue weighted by atomic mass is 9.73. The number of rotatable bonds is 3. The van der Waals surface area contributed by atoms with Gasteiger partial charge in [-0.1, -0.05) is 42.5 Å². The molecule has 0 aliphatic heterocycles. The Balaban J connectivity index is 1.88. The van der Waals surface area contributed by atoms with Crippen LogP contribution in [0.2, 0.25) is 0 Å². The first-order valence-corrected chi connectivity index (χ1v) is 6.56. The summed E-state index contributed by atoms with van der Waals surface area (Å²) < 4.78 is 41.3. The van der Waals surface area contributed by atoms with Crippen molar-refractivity contribution >= 4 is 0 Å². The van der Waals surface area contributed by atoms with Gasteiger partial charge in [0.05, 0.1) is 6.10 Å². The number of hydrogen-bond acceptors (Lipinski definition) is 2. The molecule has 0 amide bonds. The van der Waals surface area contributed by atoms with Gasteiger partial charge in [0, 0.05) is 11.5 Å². The number of benzene rings is 2. The molecule has 1 aliphatic rings. The molecule has 110 valence electrons. The summed E-state index contributed by atoms with van der Waals surface area (Å²) in [5.74, 6) is -0.541. The van der Waals surface area contributed by atoms with Crippen molar-refractivity contribution in [1.29, 1.82) is 0 Å². The molecule has 0 radical (unpaired) electrons. The van der Waals surface area contributed by atoms with E-state index in [4.69, 9.17) is 0 Å². The molecule has 0 heterocycles. The third-order valence-electron chi connectivity index (χ3n) is 3.74. The zero-order valence-corrected chi connectivity index (χ0v) is 11.0. The second-order valence-corrected chi connectivity index (χ2v) is 5.04. The van der Waals surface area contributed by atoms with E-state index < -0.39 is 12.5 Å². The lowest BCUT2D eigenvalue weighted by Gasteiger charge is -2.34. The van der Waals surface area contributed by atoms with Crippen molar-refractivity contribution in [1.82, 2.24) is 0 Å². The molecule has 21 heavy (non-hydrogen) atoms. The van der Waals surface area contributed by atoms with Gasteiger partial charge in [0.1, 0.15) is 5.75 Å². The number of fused-ring (bicyclic) bond motifs is 1. The van der Waals surface area contributed by atoms with Crippen molar-refractivity contribution in [2.45, 2.75) is 24.8 Å². The predicted molar refractivity (Wildman–Crippen MR) is 71.0 cm³/mol. The van der Waals surface area contributed by atoms with Crippen LogP contribution < -0.4 is 4.74 Å². The van der Waals surface area contributed by atoms with Crippen LogP contribution in [0, 0.1) is 0 Å². The summed E-state index contributed by atoms with van der Waals surface area (Å²) in [6.45, 7) is 0. The van der Waals surface area contributed by atoms with Crippen LogP contribution in [0.4, 0.5) is 13.2 Å². The number of ether oxygens (including phenoxy) is 1. The topological polar surface area (TPSA) is 29.5 Å². The van der Waals surface area contributed by atoms with Crippen molar-refractivity contribution in [3.05, 3.63) is 65.2 Å². The quantitative estimate of drug-likeness (QED) is 0.928. The molecular formula is C16H13F3O2. The van der Waals surface area contributed by atoms with Gasteiger partial charge in [-0.2, -0.15) is 0 Å². The molecule has 2 aromatic rings. The Morgan fingerprint density at radius 2 is 1.71 bits per heavy atom. The van der Waals surface area contributed by atoms with Crippen LogP contribution in [0.1, 0.15) is 28.7 Å². The first-order valence-electron chi connectivity index (χ1n) is 6.56. The normalized spacial score (nSPS) is 18.6. The van der Waals surface area contributed by atoms with Crippen LogP contribution in [0.5, 0.6) is 5.75 Å². The van der Waals surface area contributed by atoms with E-state index in [0.29, 0.717) is 6.42 Å². The highest BCUT2D eigenvalue weighted by Gasteiger charge is 2.36. The van der Waals surface area contributed by atoms with Crippen molar-refractivity contribution in [3.63, 3.8) is 0 Å². The largest absolute Gasteiger partial charge is 0.573 e. The molecule has 0 bridgehead atoms. The first kappa shape index (κ1) is 13.9. The molecule has 0 aromatic heterocycles. The van der Waals surface area contributed by atoms with E-state index in [1.807, 2.05) is 24.3 Å². The first-order chi connectivity index (χ1) is 9.96. The Morgan fingerprint density at radius 3 is 2.43 bits per heavy atom. The fourth-order valence-electron chi connectivity index (χ4n) is 2.74. The number of hydrogen-bond donors (Lipinski definition) is 1. The Morgan fingerprint density at radius 1 is 1.05 bits per heavy atom. The fraction of sp³-hybridized carbons (Fsp3) is 0.250. The highest BCUT2D eigenvalue weighted by Crippen LogP contribution is 2.45. The number of alkyl halides is 3. The molecule has 0 saturated heterocycles. The van der Waals surface area contributed by atoms with E-state index in [0.717, 1.165) is 11.1 Å². The Kier molecular flexibility index (Phi) is 3.37. The van der Waals surface area contributed by atoms with Crippen LogP contribution in [-0.2, 0) is 6.42 Å². The zero-order chi connectivity index (χ0) is 15.0. The third kappa shape index (κ3) is 2.74. The summed E-state index contributed by atoms with van der Waals surface area (Å²) in [6.07, 6.45) is -5.14. The van der Waals surface area contributed by atoms with Gasteiger partial charge in [-0.15, -0.1) is 13.2 Å². The summed E-state index contributed by atoms with van der Waals surface area (Å²) in [5.41, 5.74) is 2.26. The van der Waals surface area contributed by atoms with Crippen LogP contribution in [-0.4, -0.2) is 11.5 Å². The average Bonchev–Trinajstić information content (AvgIpc) is 2.39. The highest BCUT2D eigenvalue weighted by molar-refractivity contribution is 5.45. The van der Waals surface area contributed by atoms with Crippen LogP contribution >= 0.6 is 0 Å². The molecule has 2 atom stereocenters. The van der Waals surface area contributed by atoms with E-state index in [2.05, 4.69) is 4.74 Å². The predicted octanol–water partition coefficient (Wildman–Crippen LogP) is 3.96. The summed E-state index contributed by atoms with van der Waals surface area (Å²) in [5, 5.41) is 10.4. The molecule has 0 spiro atoms. The van der Waals surface area contributed by atoms with E-state index in [-0.39, 0.29) is 17.2 Å². The number of aliphatic hydroxyl groups excluding tert-OH is 1. The molecule has 1 N–H and O–H groups in total. The maximum atomic E-state index is 12.4. The molecule has 2 aromatic carbocycles. The second kappa shape index (κ2) is 5.07. The van der Waals surface area contributed by atoms with Gasteiger partial charge in [0.15, 0.2) is 0 Å². The fourth-order valence-corrected chi connectivity index (χ4v) is 2.74. The third-order valence-corrected chi connectivity index (χ3v) is 3.74. The van der Waals surface area contributed by atoms with Crippen molar-refractivity contribution < 1.29 is 23.0 Å². The monoisotopic (exact) mass is 294 g/mol. The molecule has 3 rings (SSSR count). The number of halogens is 3. The average molecular weight is 294 g/mol. The minimum absolute atomic E-state index is 0.161. The summed E-state index contributed by atoms with van der Waals surface area (Å²) in [7, 11) is 0. The lowest BCUT2D eigenvalue weighted by molar-refractivity contribution is -0.275. The minimum atomic E-state index is -4.77. The number of para-hydroxylation sites is 1. The molecule has 0 saturated carbocycles. The Labute approximate surface area is 119 Å². The van der Waals surface area contributed by atoms with Gasteiger partial charge in [-0.05, 0) is 23.6 Å². The van der Waals surface area contributed by atoms with E-state index in [1.165, 1.54) is 18.2 Å². The van der Waals surface area contributed by atoms with Crippen molar-refractivity contribution in [2.24, 2.45) is 0 Å². The molecule has 2 unspecified atom stereocenters. The van der Waals surface area contributed by atoms with Gasteiger partial charge in [0.2, 0.25) is 0 Å². The number of aliphatic hydroxyl groups is 1. The van der Waals surface area contributed by atoms with Crippen molar-refractivity contribution in [3.8, 4) is 5.75 Å². The van der Waals surface area contributed by atoms with E-state index in [9.17, 15) is 18.3 Å². The minimum Gasteiger partial charge on any atom is -0.405 e. The standard InChI is InChI=1S/C16H13F3O2/c17-16(18,19)21-14-8-4-3-7-12(14)15(20)13-9-10-5-1-2-6-11(10)13/h1-8,13,15,20H,9H2. The molecule has 5 heteroatoms.